The third kappa shape index (κ3) is 2.69. The summed E-state index contributed by atoms with van der Waals surface area (Å²) in [6, 6.07) is 7.30. The van der Waals surface area contributed by atoms with E-state index in [-0.39, 0.29) is 11.9 Å². The average Bonchev–Trinajstić information content (AvgIpc) is 3.09. The fourth-order valence-electron chi connectivity index (χ4n) is 2.93. The number of imidazole rings is 1. The van der Waals surface area contributed by atoms with Gasteiger partial charge in [0.2, 0.25) is 5.95 Å². The van der Waals surface area contributed by atoms with Crippen molar-refractivity contribution >= 4 is 5.95 Å². The minimum atomic E-state index is -0.201. The summed E-state index contributed by atoms with van der Waals surface area (Å²) in [6.45, 7) is 2.07. The van der Waals surface area contributed by atoms with Gasteiger partial charge in [-0.15, -0.1) is 0 Å². The normalized spacial score (nSPS) is 17.3. The Morgan fingerprint density at radius 3 is 2.65 bits per heavy atom. The zero-order valence-electron chi connectivity index (χ0n) is 11.7. The number of nitrogens with one attached hydrogen (secondary N) is 1. The summed E-state index contributed by atoms with van der Waals surface area (Å²) in [7, 11) is 0. The number of hydrogen-bond donors (Lipinski definition) is 1. The summed E-state index contributed by atoms with van der Waals surface area (Å²) in [5.41, 5.74) is 1.06. The maximum atomic E-state index is 13.0. The molecule has 2 aromatic rings. The second-order valence-corrected chi connectivity index (χ2v) is 5.51. The number of hydrogen-bond acceptors (Lipinski definition) is 2. The van der Waals surface area contributed by atoms with Crippen LogP contribution in [0.25, 0.3) is 0 Å². The van der Waals surface area contributed by atoms with Gasteiger partial charge in [-0.05, 0) is 37.5 Å². The van der Waals surface area contributed by atoms with Crippen LogP contribution in [0.2, 0.25) is 0 Å². The van der Waals surface area contributed by atoms with Gasteiger partial charge >= 0.3 is 0 Å². The Kier molecular flexibility index (Phi) is 3.72. The topological polar surface area (TPSA) is 29.9 Å². The van der Waals surface area contributed by atoms with Crippen LogP contribution in [0.15, 0.2) is 36.7 Å². The second-order valence-electron chi connectivity index (χ2n) is 5.51. The monoisotopic (exact) mass is 273 g/mol. The Bertz CT molecular complexity index is 555. The molecule has 1 aromatic carbocycles. The molecular weight excluding hydrogens is 253 g/mol. The molecule has 0 spiro atoms. The Morgan fingerprint density at radius 1 is 1.25 bits per heavy atom. The smallest absolute Gasteiger partial charge is 0.203 e. The fourth-order valence-corrected chi connectivity index (χ4v) is 2.93. The Balaban J connectivity index is 1.74. The summed E-state index contributed by atoms with van der Waals surface area (Å²) < 4.78 is 15.2. The van der Waals surface area contributed by atoms with Gasteiger partial charge in [0.1, 0.15) is 5.82 Å². The van der Waals surface area contributed by atoms with Crippen LogP contribution in [0.5, 0.6) is 0 Å². The van der Waals surface area contributed by atoms with Gasteiger partial charge in [-0.1, -0.05) is 25.0 Å². The lowest BCUT2D eigenvalue weighted by molar-refractivity contribution is 0.521. The quantitative estimate of drug-likeness (QED) is 0.899. The van der Waals surface area contributed by atoms with Crippen molar-refractivity contribution < 1.29 is 4.39 Å². The first-order chi connectivity index (χ1) is 9.74. The van der Waals surface area contributed by atoms with Crippen LogP contribution in [0, 0.1) is 5.82 Å². The molecule has 0 aliphatic heterocycles. The van der Waals surface area contributed by atoms with E-state index in [1.165, 1.54) is 37.8 Å². The molecule has 1 aromatic heterocycles. The van der Waals surface area contributed by atoms with Crippen LogP contribution in [-0.2, 0) is 0 Å². The van der Waals surface area contributed by atoms with Gasteiger partial charge in [0, 0.05) is 18.4 Å². The minimum Gasteiger partial charge on any atom is -0.349 e. The largest absolute Gasteiger partial charge is 0.349 e. The van der Waals surface area contributed by atoms with E-state index in [4.69, 9.17) is 0 Å². The number of nitrogens with zero attached hydrogens (tertiary/aromatic N) is 2. The predicted octanol–water partition coefficient (Wildman–Crippen LogP) is 4.31. The summed E-state index contributed by atoms with van der Waals surface area (Å²) >= 11 is 0. The lowest BCUT2D eigenvalue weighted by atomic mass is 10.1. The minimum absolute atomic E-state index is 0.109. The van der Waals surface area contributed by atoms with Crippen LogP contribution >= 0.6 is 0 Å². The first kappa shape index (κ1) is 13.2. The maximum absolute atomic E-state index is 13.0. The SMILES string of the molecule is CC(Nc1nccn1C1CCCC1)c1ccc(F)cc1. The molecule has 3 nitrogen and oxygen atoms in total. The molecule has 20 heavy (non-hydrogen) atoms. The summed E-state index contributed by atoms with van der Waals surface area (Å²) in [5, 5.41) is 3.43. The van der Waals surface area contributed by atoms with Crippen molar-refractivity contribution in [1.29, 1.82) is 0 Å². The van der Waals surface area contributed by atoms with Gasteiger partial charge in [0.25, 0.3) is 0 Å². The van der Waals surface area contributed by atoms with Crippen LogP contribution < -0.4 is 5.32 Å². The zero-order chi connectivity index (χ0) is 13.9. The van der Waals surface area contributed by atoms with E-state index in [1.54, 1.807) is 0 Å². The second kappa shape index (κ2) is 5.65. The van der Waals surface area contributed by atoms with E-state index in [9.17, 15) is 4.39 Å². The van der Waals surface area contributed by atoms with Gasteiger partial charge in [0.05, 0.1) is 6.04 Å². The molecule has 1 N–H and O–H groups in total. The molecule has 0 radical (unpaired) electrons. The highest BCUT2D eigenvalue weighted by molar-refractivity contribution is 5.33. The van der Waals surface area contributed by atoms with Crippen LogP contribution in [-0.4, -0.2) is 9.55 Å². The number of anilines is 1. The van der Waals surface area contributed by atoms with Crippen molar-refractivity contribution in [3.05, 3.63) is 48.0 Å². The van der Waals surface area contributed by atoms with Crippen molar-refractivity contribution in [2.24, 2.45) is 0 Å². The summed E-state index contributed by atoms with van der Waals surface area (Å²) in [6.07, 6.45) is 8.96. The highest BCUT2D eigenvalue weighted by atomic mass is 19.1. The highest BCUT2D eigenvalue weighted by Gasteiger charge is 2.20. The van der Waals surface area contributed by atoms with Gasteiger partial charge in [-0.25, -0.2) is 9.37 Å². The molecule has 3 rings (SSSR count). The van der Waals surface area contributed by atoms with Gasteiger partial charge < -0.3 is 9.88 Å². The number of rotatable bonds is 4. The molecule has 0 amide bonds. The molecule has 4 heteroatoms. The standard InChI is InChI=1S/C16H20FN3/c1-12(13-6-8-14(17)9-7-13)19-16-18-10-11-20(16)15-4-2-3-5-15/h6-12,15H,2-5H2,1H3,(H,18,19). The maximum Gasteiger partial charge on any atom is 0.203 e. The zero-order valence-corrected chi connectivity index (χ0v) is 11.7. The molecular formula is C16H20FN3. The van der Waals surface area contributed by atoms with Crippen LogP contribution in [0.3, 0.4) is 0 Å². The van der Waals surface area contributed by atoms with Crippen LogP contribution in [0.4, 0.5) is 10.3 Å². The molecule has 1 saturated carbocycles. The molecule has 1 fully saturated rings. The highest BCUT2D eigenvalue weighted by Crippen LogP contribution is 2.32. The van der Waals surface area contributed by atoms with Crippen molar-refractivity contribution in [2.45, 2.75) is 44.7 Å². The Labute approximate surface area is 118 Å². The van der Waals surface area contributed by atoms with E-state index < -0.39 is 0 Å². The molecule has 1 heterocycles. The van der Waals surface area contributed by atoms with E-state index in [2.05, 4.69) is 28.0 Å². The third-order valence-electron chi connectivity index (χ3n) is 4.10. The first-order valence-electron chi connectivity index (χ1n) is 7.29. The molecule has 0 bridgehead atoms. The number of halogens is 1. The Morgan fingerprint density at radius 2 is 1.95 bits per heavy atom. The predicted molar refractivity (Wildman–Crippen MR) is 78.2 cm³/mol. The van der Waals surface area contributed by atoms with E-state index in [1.807, 2.05) is 18.3 Å². The molecule has 106 valence electrons. The van der Waals surface area contributed by atoms with Crippen molar-refractivity contribution in [3.63, 3.8) is 0 Å². The molecule has 1 atom stereocenters. The van der Waals surface area contributed by atoms with Gasteiger partial charge in [-0.3, -0.25) is 0 Å². The third-order valence-corrected chi connectivity index (χ3v) is 4.10. The first-order valence-corrected chi connectivity index (χ1v) is 7.29. The number of benzene rings is 1. The Hall–Kier alpha value is -1.84. The van der Waals surface area contributed by atoms with Crippen molar-refractivity contribution in [1.82, 2.24) is 9.55 Å². The van der Waals surface area contributed by atoms with E-state index >= 15 is 0 Å². The fraction of sp³-hybridized carbons (Fsp3) is 0.438. The number of aromatic nitrogens is 2. The van der Waals surface area contributed by atoms with E-state index in [0.29, 0.717) is 6.04 Å². The summed E-state index contributed by atoms with van der Waals surface area (Å²) in [5.74, 6) is 0.710. The molecule has 1 aliphatic rings. The molecule has 0 saturated heterocycles. The molecule has 1 aliphatic carbocycles. The van der Waals surface area contributed by atoms with Crippen molar-refractivity contribution in [3.8, 4) is 0 Å². The van der Waals surface area contributed by atoms with Crippen molar-refractivity contribution in [2.75, 3.05) is 5.32 Å². The lowest BCUT2D eigenvalue weighted by Crippen LogP contribution is -2.14. The average molecular weight is 273 g/mol. The van der Waals surface area contributed by atoms with E-state index in [0.717, 1.165) is 11.5 Å². The van der Waals surface area contributed by atoms with Gasteiger partial charge in [-0.2, -0.15) is 0 Å². The molecule has 1 unspecified atom stereocenters. The summed E-state index contributed by atoms with van der Waals surface area (Å²) in [4.78, 5) is 4.42. The van der Waals surface area contributed by atoms with Crippen LogP contribution in [0.1, 0.15) is 50.3 Å². The van der Waals surface area contributed by atoms with Gasteiger partial charge in [0.15, 0.2) is 0 Å². The lowest BCUT2D eigenvalue weighted by Gasteiger charge is -2.19.